The molecule has 7 nitrogen and oxygen atoms in total. The molecule has 0 bridgehead atoms. The van der Waals surface area contributed by atoms with Gasteiger partial charge in [0.25, 0.3) is 0 Å². The third kappa shape index (κ3) is 4.88. The third-order valence-corrected chi connectivity index (χ3v) is 10.9. The Bertz CT molecular complexity index is 3450. The zero-order chi connectivity index (χ0) is 37.3. The molecule has 11 rings (SSSR count). The van der Waals surface area contributed by atoms with Gasteiger partial charge in [0.1, 0.15) is 5.65 Å². The maximum atomic E-state index is 13.8. The zero-order valence-corrected chi connectivity index (χ0v) is 30.0. The largest absolute Gasteiger partial charge is 0.358 e. The highest BCUT2D eigenvalue weighted by Gasteiger charge is 2.18. The molecule has 0 fully saturated rings. The second kappa shape index (κ2) is 12.4. The Morgan fingerprint density at radius 2 is 0.768 bits per heavy atom. The van der Waals surface area contributed by atoms with Gasteiger partial charge < -0.3 is 9.13 Å². The Hall–Kier alpha value is -7.77. The molecule has 0 saturated heterocycles. The van der Waals surface area contributed by atoms with Crippen molar-refractivity contribution in [3.8, 4) is 39.3 Å². The van der Waals surface area contributed by atoms with E-state index in [1.165, 1.54) is 20.7 Å². The zero-order valence-electron chi connectivity index (χ0n) is 30.0. The number of nitrogens with zero attached hydrogens (tertiary/aromatic N) is 5. The van der Waals surface area contributed by atoms with Crippen LogP contribution in [-0.4, -0.2) is 23.1 Å². The number of benzene rings is 7. The van der Waals surface area contributed by atoms with Crippen molar-refractivity contribution in [1.82, 2.24) is 23.1 Å². The van der Waals surface area contributed by atoms with Crippen LogP contribution < -0.4 is 11.4 Å². The Morgan fingerprint density at radius 3 is 1.30 bits per heavy atom. The van der Waals surface area contributed by atoms with Crippen molar-refractivity contribution < 1.29 is 0 Å². The normalized spacial score (nSPS) is 11.7. The van der Waals surface area contributed by atoms with Crippen LogP contribution in [0.25, 0.3) is 88.6 Å². The van der Waals surface area contributed by atoms with Crippen molar-refractivity contribution in [3.05, 3.63) is 209 Å². The molecule has 264 valence electrons. The lowest BCUT2D eigenvalue weighted by Gasteiger charge is -2.10. The average Bonchev–Trinajstić information content (AvgIpc) is 3.76. The van der Waals surface area contributed by atoms with Gasteiger partial charge in [-0.05, 0) is 113 Å². The molecule has 4 aromatic heterocycles. The molecule has 0 aliphatic heterocycles. The quantitative estimate of drug-likeness (QED) is 0.178. The molecule has 0 N–H and O–H groups in total. The molecule has 7 heteroatoms. The topological polar surface area (TPSA) is 66.2 Å². The summed E-state index contributed by atoms with van der Waals surface area (Å²) >= 11 is 0. The van der Waals surface area contributed by atoms with Gasteiger partial charge in [-0.25, -0.2) is 14.2 Å². The fraction of sp³-hybridized carbons (Fsp3) is 0. The fourth-order valence-corrected chi connectivity index (χ4v) is 8.29. The van der Waals surface area contributed by atoms with Crippen LogP contribution in [0, 0.1) is 0 Å². The summed E-state index contributed by atoms with van der Waals surface area (Å²) in [6.45, 7) is 0. The smallest absolute Gasteiger partial charge is 0.309 e. The average molecular weight is 722 g/mol. The highest BCUT2D eigenvalue weighted by Crippen LogP contribution is 2.39. The Morgan fingerprint density at radius 1 is 0.357 bits per heavy atom. The van der Waals surface area contributed by atoms with E-state index in [0.29, 0.717) is 11.3 Å². The molecule has 4 heterocycles. The van der Waals surface area contributed by atoms with Crippen LogP contribution in [0.3, 0.4) is 0 Å². The van der Waals surface area contributed by atoms with E-state index in [1.807, 2.05) is 18.2 Å². The van der Waals surface area contributed by atoms with Gasteiger partial charge in [0.05, 0.1) is 27.8 Å². The highest BCUT2D eigenvalue weighted by atomic mass is 16.2. The van der Waals surface area contributed by atoms with E-state index in [0.717, 1.165) is 65.5 Å². The van der Waals surface area contributed by atoms with Crippen molar-refractivity contribution in [2.75, 3.05) is 0 Å². The molecule has 7 aromatic carbocycles. The van der Waals surface area contributed by atoms with E-state index in [1.54, 1.807) is 36.5 Å². The molecule has 0 saturated carbocycles. The summed E-state index contributed by atoms with van der Waals surface area (Å²) < 4.78 is 7.20. The predicted molar refractivity (Wildman–Crippen MR) is 227 cm³/mol. The minimum Gasteiger partial charge on any atom is -0.309 e. The van der Waals surface area contributed by atoms with Gasteiger partial charge in [0.2, 0.25) is 0 Å². The van der Waals surface area contributed by atoms with Gasteiger partial charge >= 0.3 is 11.4 Å². The Kier molecular flexibility index (Phi) is 7.02. The van der Waals surface area contributed by atoms with E-state index in [9.17, 15) is 9.59 Å². The van der Waals surface area contributed by atoms with E-state index in [4.69, 9.17) is 0 Å². The summed E-state index contributed by atoms with van der Waals surface area (Å²) in [5.41, 5.74) is 10.4. The number of fused-ring (bicyclic) bond motifs is 7. The van der Waals surface area contributed by atoms with Gasteiger partial charge in [-0.2, -0.15) is 4.98 Å². The van der Waals surface area contributed by atoms with Crippen LogP contribution >= 0.6 is 0 Å². The van der Waals surface area contributed by atoms with Gasteiger partial charge in [-0.15, -0.1) is 0 Å². The van der Waals surface area contributed by atoms with E-state index in [2.05, 4.69) is 148 Å². The SMILES string of the molecule is O=c1nc2ccc(-c3ccc4c(c3)c3cc(-c5ccc6c(c5)c5ccccc5n6-c5ccccc5)ccc3n4-c3ccccc3)cn2c(=O)n1-c1ccccc1. The number of para-hydroxylation sites is 4. The maximum Gasteiger partial charge on any atom is 0.358 e. The molecule has 0 atom stereocenters. The van der Waals surface area contributed by atoms with Crippen LogP contribution in [0.5, 0.6) is 0 Å². The first-order chi connectivity index (χ1) is 27.6. The van der Waals surface area contributed by atoms with Crippen molar-refractivity contribution in [3.63, 3.8) is 0 Å². The standard InChI is InChI=1S/C49H31N5O2/c55-48-50-47-27-23-35(31-51(47)49(56)54(48)38-16-8-3-9-17-38)34-22-26-46-42(30-34)41-29-33(21-25-45(41)53(46)37-14-6-2-7-15-37)32-20-24-44-40(28-32)39-18-10-11-19-43(39)52(44)36-12-4-1-5-13-36/h1-31H. The molecular weight excluding hydrogens is 691 g/mol. The molecule has 56 heavy (non-hydrogen) atoms. The molecule has 0 radical (unpaired) electrons. The first-order valence-electron chi connectivity index (χ1n) is 18.5. The van der Waals surface area contributed by atoms with Crippen LogP contribution in [0.2, 0.25) is 0 Å². The lowest BCUT2D eigenvalue weighted by molar-refractivity contribution is 0.795. The number of rotatable bonds is 5. The summed E-state index contributed by atoms with van der Waals surface area (Å²) in [4.78, 5) is 30.9. The second-order valence-corrected chi connectivity index (χ2v) is 14.0. The Balaban J connectivity index is 1.10. The van der Waals surface area contributed by atoms with Gasteiger partial charge in [0, 0.05) is 39.1 Å². The van der Waals surface area contributed by atoms with Crippen LogP contribution in [0.4, 0.5) is 0 Å². The fourth-order valence-electron chi connectivity index (χ4n) is 8.29. The van der Waals surface area contributed by atoms with E-state index in [-0.39, 0.29) is 0 Å². The predicted octanol–water partition coefficient (Wildman–Crippen LogP) is 10.4. The van der Waals surface area contributed by atoms with Crippen LogP contribution in [0.1, 0.15) is 0 Å². The molecule has 0 amide bonds. The maximum absolute atomic E-state index is 13.8. The lowest BCUT2D eigenvalue weighted by Crippen LogP contribution is -2.38. The number of aromatic nitrogens is 5. The van der Waals surface area contributed by atoms with Crippen LogP contribution in [-0.2, 0) is 0 Å². The minimum atomic E-state index is -0.610. The van der Waals surface area contributed by atoms with Gasteiger partial charge in [-0.1, -0.05) is 91.0 Å². The van der Waals surface area contributed by atoms with E-state index < -0.39 is 11.4 Å². The second-order valence-electron chi connectivity index (χ2n) is 14.0. The number of pyridine rings is 1. The van der Waals surface area contributed by atoms with Crippen molar-refractivity contribution >= 4 is 49.3 Å². The van der Waals surface area contributed by atoms with Crippen molar-refractivity contribution in [2.24, 2.45) is 0 Å². The van der Waals surface area contributed by atoms with Crippen molar-refractivity contribution in [2.45, 2.75) is 0 Å². The molecule has 11 aromatic rings. The van der Waals surface area contributed by atoms with Gasteiger partial charge in [0.15, 0.2) is 0 Å². The number of hydrogen-bond donors (Lipinski definition) is 0. The van der Waals surface area contributed by atoms with E-state index >= 15 is 0 Å². The molecule has 0 unspecified atom stereocenters. The molecular formula is C49H31N5O2. The molecule has 0 aliphatic carbocycles. The summed E-state index contributed by atoms with van der Waals surface area (Å²) in [6.07, 6.45) is 1.77. The monoisotopic (exact) mass is 721 g/mol. The van der Waals surface area contributed by atoms with Crippen molar-refractivity contribution in [1.29, 1.82) is 0 Å². The first-order valence-corrected chi connectivity index (χ1v) is 18.5. The summed E-state index contributed by atoms with van der Waals surface area (Å²) in [5.74, 6) is 0. The van der Waals surface area contributed by atoms with Crippen LogP contribution in [0.15, 0.2) is 198 Å². The minimum absolute atomic E-state index is 0.297. The third-order valence-electron chi connectivity index (χ3n) is 10.9. The summed E-state index contributed by atoms with van der Waals surface area (Å²) in [6, 6.07) is 62.0. The van der Waals surface area contributed by atoms with Gasteiger partial charge in [-0.3, -0.25) is 4.40 Å². The lowest BCUT2D eigenvalue weighted by atomic mass is 9.99. The Labute approximate surface area is 319 Å². The molecule has 0 aliphatic rings. The first kappa shape index (κ1) is 31.7. The number of hydrogen-bond acceptors (Lipinski definition) is 3. The molecule has 0 spiro atoms. The summed E-state index contributed by atoms with van der Waals surface area (Å²) in [5, 5.41) is 4.62. The summed E-state index contributed by atoms with van der Waals surface area (Å²) in [7, 11) is 0. The highest BCUT2D eigenvalue weighted by molar-refractivity contribution is 6.13.